The molecular formula is C16H33N5. The van der Waals surface area contributed by atoms with Crippen LogP contribution in [0.5, 0.6) is 0 Å². The van der Waals surface area contributed by atoms with Gasteiger partial charge in [-0.2, -0.15) is 0 Å². The van der Waals surface area contributed by atoms with Crippen molar-refractivity contribution in [1.82, 2.24) is 25.2 Å². The van der Waals surface area contributed by atoms with Gasteiger partial charge in [0.05, 0.1) is 12.2 Å². The quantitative estimate of drug-likeness (QED) is 0.602. The summed E-state index contributed by atoms with van der Waals surface area (Å²) in [6.45, 7) is 14.0. The molecule has 0 aliphatic carbocycles. The molecule has 1 atom stereocenters. The van der Waals surface area contributed by atoms with Crippen LogP contribution in [0, 0.1) is 0 Å². The highest BCUT2D eigenvalue weighted by Crippen LogP contribution is 2.06. The van der Waals surface area contributed by atoms with Crippen LogP contribution >= 0.6 is 0 Å². The molecule has 0 spiro atoms. The van der Waals surface area contributed by atoms with Crippen LogP contribution in [0.15, 0.2) is 6.20 Å². The molecule has 1 aromatic heterocycles. The molecule has 5 nitrogen and oxygen atoms in total. The Kier molecular flexibility index (Phi) is 9.26. The third kappa shape index (κ3) is 7.05. The van der Waals surface area contributed by atoms with Crippen molar-refractivity contribution < 1.29 is 0 Å². The minimum absolute atomic E-state index is 0.644. The van der Waals surface area contributed by atoms with E-state index in [4.69, 9.17) is 0 Å². The van der Waals surface area contributed by atoms with Crippen LogP contribution in [0.25, 0.3) is 0 Å². The second kappa shape index (κ2) is 10.7. The Hall–Kier alpha value is -0.940. The zero-order valence-electron chi connectivity index (χ0n) is 14.3. The topological polar surface area (TPSA) is 46.0 Å². The molecule has 1 heterocycles. The fraction of sp³-hybridized carbons (Fsp3) is 0.875. The largest absolute Gasteiger partial charge is 0.311 e. The predicted octanol–water partition coefficient (Wildman–Crippen LogP) is 2.68. The molecule has 0 aliphatic rings. The summed E-state index contributed by atoms with van der Waals surface area (Å²) in [5.41, 5.74) is 1.03. The zero-order chi connectivity index (χ0) is 15.5. The Morgan fingerprint density at radius 3 is 2.71 bits per heavy atom. The summed E-state index contributed by atoms with van der Waals surface area (Å²) in [5.74, 6) is 0. The van der Waals surface area contributed by atoms with Crippen LogP contribution < -0.4 is 5.32 Å². The maximum atomic E-state index is 4.23. The molecule has 122 valence electrons. The Balaban J connectivity index is 2.40. The van der Waals surface area contributed by atoms with E-state index in [1.807, 2.05) is 4.68 Å². The van der Waals surface area contributed by atoms with E-state index in [1.54, 1.807) is 0 Å². The molecule has 21 heavy (non-hydrogen) atoms. The summed E-state index contributed by atoms with van der Waals surface area (Å²) in [7, 11) is 0. The van der Waals surface area contributed by atoms with Gasteiger partial charge in [-0.1, -0.05) is 32.4 Å². The summed E-state index contributed by atoms with van der Waals surface area (Å²) in [6.07, 6.45) is 6.94. The first-order chi connectivity index (χ1) is 10.2. The van der Waals surface area contributed by atoms with Gasteiger partial charge in [0.15, 0.2) is 0 Å². The maximum Gasteiger partial charge on any atom is 0.0964 e. The maximum absolute atomic E-state index is 4.23. The minimum Gasteiger partial charge on any atom is -0.311 e. The van der Waals surface area contributed by atoms with E-state index >= 15 is 0 Å². The number of rotatable bonds is 12. The lowest BCUT2D eigenvalue weighted by Gasteiger charge is -2.28. The average molecular weight is 295 g/mol. The van der Waals surface area contributed by atoms with Crippen LogP contribution in [0.3, 0.4) is 0 Å². The summed E-state index contributed by atoms with van der Waals surface area (Å²) >= 11 is 0. The molecular weight excluding hydrogens is 262 g/mol. The van der Waals surface area contributed by atoms with Crippen LogP contribution in [-0.4, -0.2) is 45.6 Å². The first-order valence-corrected chi connectivity index (χ1v) is 8.54. The molecule has 0 saturated heterocycles. The summed E-state index contributed by atoms with van der Waals surface area (Å²) in [5, 5.41) is 11.8. The van der Waals surface area contributed by atoms with Gasteiger partial charge in [-0.05, 0) is 39.3 Å². The highest BCUT2D eigenvalue weighted by molar-refractivity contribution is 4.91. The van der Waals surface area contributed by atoms with Gasteiger partial charge >= 0.3 is 0 Å². The molecule has 0 aromatic carbocycles. The highest BCUT2D eigenvalue weighted by atomic mass is 15.4. The van der Waals surface area contributed by atoms with E-state index in [2.05, 4.69) is 54.4 Å². The third-order valence-corrected chi connectivity index (χ3v) is 3.95. The van der Waals surface area contributed by atoms with Crippen molar-refractivity contribution in [3.05, 3.63) is 11.9 Å². The molecule has 1 N–H and O–H groups in total. The van der Waals surface area contributed by atoms with Crippen LogP contribution in [-0.2, 0) is 13.1 Å². The number of nitrogens with zero attached hydrogens (tertiary/aromatic N) is 4. The molecule has 0 radical (unpaired) electrons. The van der Waals surface area contributed by atoms with Crippen LogP contribution in [0.1, 0.15) is 59.1 Å². The number of hydrogen-bond acceptors (Lipinski definition) is 4. The van der Waals surface area contributed by atoms with Crippen molar-refractivity contribution in [3.8, 4) is 0 Å². The van der Waals surface area contributed by atoms with E-state index in [0.717, 1.165) is 38.3 Å². The first-order valence-electron chi connectivity index (χ1n) is 8.54. The molecule has 0 bridgehead atoms. The van der Waals surface area contributed by atoms with Crippen molar-refractivity contribution in [2.75, 3.05) is 19.6 Å². The molecule has 0 aliphatic heterocycles. The average Bonchev–Trinajstić information content (AvgIpc) is 2.95. The van der Waals surface area contributed by atoms with Crippen LogP contribution in [0.2, 0.25) is 0 Å². The SMILES string of the molecule is CCCCN(CCn1cc(CNCCC)nn1)C(C)CC. The monoisotopic (exact) mass is 295 g/mol. The van der Waals surface area contributed by atoms with Gasteiger partial charge in [-0.3, -0.25) is 9.58 Å². The van der Waals surface area contributed by atoms with Crippen LogP contribution in [0.4, 0.5) is 0 Å². The Morgan fingerprint density at radius 1 is 1.24 bits per heavy atom. The second-order valence-electron chi connectivity index (χ2n) is 5.80. The Labute approximate surface area is 130 Å². The zero-order valence-corrected chi connectivity index (χ0v) is 14.3. The summed E-state index contributed by atoms with van der Waals surface area (Å²) in [4.78, 5) is 2.57. The van der Waals surface area contributed by atoms with E-state index in [9.17, 15) is 0 Å². The second-order valence-corrected chi connectivity index (χ2v) is 5.80. The van der Waals surface area contributed by atoms with E-state index in [-0.39, 0.29) is 0 Å². The third-order valence-electron chi connectivity index (χ3n) is 3.95. The van der Waals surface area contributed by atoms with Gasteiger partial charge in [0, 0.05) is 25.3 Å². The number of aromatic nitrogens is 3. The molecule has 0 fully saturated rings. The van der Waals surface area contributed by atoms with E-state index < -0.39 is 0 Å². The smallest absolute Gasteiger partial charge is 0.0964 e. The molecule has 1 unspecified atom stereocenters. The standard InChI is InChI=1S/C16H33N5/c1-5-8-10-20(15(4)7-3)11-12-21-14-16(18-19-21)13-17-9-6-2/h14-15,17H,5-13H2,1-4H3. The first kappa shape index (κ1) is 18.1. The van der Waals surface area contributed by atoms with Crippen molar-refractivity contribution >= 4 is 0 Å². The summed E-state index contributed by atoms with van der Waals surface area (Å²) < 4.78 is 1.98. The Bertz CT molecular complexity index is 363. The number of hydrogen-bond donors (Lipinski definition) is 1. The Morgan fingerprint density at radius 2 is 2.05 bits per heavy atom. The predicted molar refractivity (Wildman–Crippen MR) is 88.3 cm³/mol. The van der Waals surface area contributed by atoms with Gasteiger partial charge in [0.2, 0.25) is 0 Å². The lowest BCUT2D eigenvalue weighted by Crippen LogP contribution is -2.36. The molecule has 0 saturated carbocycles. The molecule has 0 amide bonds. The van der Waals surface area contributed by atoms with Crippen molar-refractivity contribution in [1.29, 1.82) is 0 Å². The van der Waals surface area contributed by atoms with Gasteiger partial charge in [0.1, 0.15) is 0 Å². The number of unbranched alkanes of at least 4 members (excludes halogenated alkanes) is 1. The fourth-order valence-electron chi connectivity index (χ4n) is 2.32. The van der Waals surface area contributed by atoms with Gasteiger partial charge < -0.3 is 5.32 Å². The van der Waals surface area contributed by atoms with Crippen molar-refractivity contribution in [2.24, 2.45) is 0 Å². The fourth-order valence-corrected chi connectivity index (χ4v) is 2.32. The lowest BCUT2D eigenvalue weighted by atomic mass is 10.2. The minimum atomic E-state index is 0.644. The molecule has 5 heteroatoms. The van der Waals surface area contributed by atoms with E-state index in [0.29, 0.717) is 6.04 Å². The van der Waals surface area contributed by atoms with Gasteiger partial charge in [0.25, 0.3) is 0 Å². The molecule has 1 aromatic rings. The molecule has 1 rings (SSSR count). The van der Waals surface area contributed by atoms with Gasteiger partial charge in [-0.25, -0.2) is 0 Å². The normalized spacial score (nSPS) is 13.0. The summed E-state index contributed by atoms with van der Waals surface area (Å²) in [6, 6.07) is 0.644. The van der Waals surface area contributed by atoms with Crippen molar-refractivity contribution in [2.45, 2.75) is 72.5 Å². The number of nitrogens with one attached hydrogen (secondary N) is 1. The van der Waals surface area contributed by atoms with E-state index in [1.165, 1.54) is 25.8 Å². The lowest BCUT2D eigenvalue weighted by molar-refractivity contribution is 0.190. The van der Waals surface area contributed by atoms with Crippen molar-refractivity contribution in [3.63, 3.8) is 0 Å². The highest BCUT2D eigenvalue weighted by Gasteiger charge is 2.11. The van der Waals surface area contributed by atoms with Gasteiger partial charge in [-0.15, -0.1) is 5.10 Å².